The Labute approximate surface area is 129 Å². The van der Waals surface area contributed by atoms with E-state index in [2.05, 4.69) is 6.92 Å². The molecule has 2 aromatic carbocycles. The first-order valence-corrected chi connectivity index (χ1v) is 7.38. The summed E-state index contributed by atoms with van der Waals surface area (Å²) in [6.45, 7) is 2.29. The fourth-order valence-corrected chi connectivity index (χ4v) is 2.22. The molecule has 0 saturated carbocycles. The number of rotatable bonds is 6. The van der Waals surface area contributed by atoms with Gasteiger partial charge in [0.15, 0.2) is 0 Å². The molecular formula is C17H19ClFNO. The zero-order valence-electron chi connectivity index (χ0n) is 12.0. The molecule has 1 unspecified atom stereocenters. The van der Waals surface area contributed by atoms with Crippen LogP contribution in [0.4, 0.5) is 4.39 Å². The number of hydrogen-bond acceptors (Lipinski definition) is 2. The number of benzene rings is 2. The minimum atomic E-state index is -0.320. The minimum absolute atomic E-state index is 0.104. The van der Waals surface area contributed by atoms with E-state index in [0.717, 1.165) is 24.2 Å². The van der Waals surface area contributed by atoms with E-state index in [1.165, 1.54) is 18.2 Å². The van der Waals surface area contributed by atoms with Gasteiger partial charge in [0, 0.05) is 16.6 Å². The van der Waals surface area contributed by atoms with Crippen molar-refractivity contribution in [3.8, 4) is 5.75 Å². The van der Waals surface area contributed by atoms with E-state index in [4.69, 9.17) is 22.1 Å². The maximum atomic E-state index is 13.2. The molecule has 0 aliphatic heterocycles. The Kier molecular flexibility index (Phi) is 5.59. The van der Waals surface area contributed by atoms with Gasteiger partial charge in [0.1, 0.15) is 18.2 Å². The summed E-state index contributed by atoms with van der Waals surface area (Å²) in [6, 6.07) is 12.1. The predicted octanol–water partition coefficient (Wildman–Crippen LogP) is 4.34. The average Bonchev–Trinajstić information content (AvgIpc) is 2.49. The summed E-state index contributed by atoms with van der Waals surface area (Å²) in [6.07, 6.45) is 1.66. The fourth-order valence-electron chi connectivity index (χ4n) is 2.05. The van der Waals surface area contributed by atoms with Gasteiger partial charge in [0.05, 0.1) is 0 Å². The molecular weight excluding hydrogens is 289 g/mol. The van der Waals surface area contributed by atoms with Crippen molar-refractivity contribution in [3.63, 3.8) is 0 Å². The zero-order valence-corrected chi connectivity index (χ0v) is 12.7. The van der Waals surface area contributed by atoms with Gasteiger partial charge in [-0.3, -0.25) is 0 Å². The van der Waals surface area contributed by atoms with Crippen LogP contribution in [0.5, 0.6) is 5.75 Å². The molecule has 0 saturated heterocycles. The van der Waals surface area contributed by atoms with Crippen LogP contribution >= 0.6 is 11.6 Å². The number of para-hydroxylation sites is 1. The summed E-state index contributed by atoms with van der Waals surface area (Å²) in [7, 11) is 0. The minimum Gasteiger partial charge on any atom is -0.489 e. The van der Waals surface area contributed by atoms with Crippen molar-refractivity contribution in [2.24, 2.45) is 5.73 Å². The molecule has 0 amide bonds. The lowest BCUT2D eigenvalue weighted by Crippen LogP contribution is -2.21. The topological polar surface area (TPSA) is 35.2 Å². The number of hydrogen-bond donors (Lipinski definition) is 1. The lowest BCUT2D eigenvalue weighted by atomic mass is 10.0. The normalized spacial score (nSPS) is 12.2. The van der Waals surface area contributed by atoms with Gasteiger partial charge in [-0.2, -0.15) is 0 Å². The van der Waals surface area contributed by atoms with Crippen LogP contribution in [0.2, 0.25) is 5.02 Å². The zero-order chi connectivity index (χ0) is 15.2. The Balaban J connectivity index is 2.11. The van der Waals surface area contributed by atoms with E-state index in [1.54, 1.807) is 0 Å². The first-order valence-electron chi connectivity index (χ1n) is 7.00. The van der Waals surface area contributed by atoms with Crippen molar-refractivity contribution >= 4 is 11.6 Å². The third kappa shape index (κ3) is 4.45. The maximum absolute atomic E-state index is 13.2. The van der Waals surface area contributed by atoms with E-state index < -0.39 is 0 Å². The highest BCUT2D eigenvalue weighted by Gasteiger charge is 2.09. The fraction of sp³-hybridized carbons (Fsp3) is 0.294. The van der Waals surface area contributed by atoms with E-state index in [0.29, 0.717) is 10.6 Å². The summed E-state index contributed by atoms with van der Waals surface area (Å²) in [5.74, 6) is 0.445. The first-order chi connectivity index (χ1) is 10.1. The van der Waals surface area contributed by atoms with E-state index in [9.17, 15) is 4.39 Å². The Bertz CT molecular complexity index is 603. The van der Waals surface area contributed by atoms with Crippen LogP contribution < -0.4 is 10.5 Å². The van der Waals surface area contributed by atoms with Crippen molar-refractivity contribution in [3.05, 3.63) is 64.4 Å². The van der Waals surface area contributed by atoms with E-state index in [1.807, 2.05) is 24.3 Å². The van der Waals surface area contributed by atoms with Gasteiger partial charge in [-0.1, -0.05) is 36.7 Å². The van der Waals surface area contributed by atoms with Gasteiger partial charge in [-0.05, 0) is 42.7 Å². The van der Waals surface area contributed by atoms with Crippen LogP contribution in [0, 0.1) is 5.82 Å². The Hall–Kier alpha value is -1.58. The molecule has 0 bridgehead atoms. The third-order valence-corrected chi connectivity index (χ3v) is 3.74. The molecule has 21 heavy (non-hydrogen) atoms. The molecule has 0 fully saturated rings. The highest BCUT2D eigenvalue weighted by molar-refractivity contribution is 6.31. The van der Waals surface area contributed by atoms with Crippen molar-refractivity contribution in [2.75, 3.05) is 0 Å². The Morgan fingerprint density at radius 3 is 2.71 bits per heavy atom. The molecule has 1 atom stereocenters. The van der Waals surface area contributed by atoms with Crippen molar-refractivity contribution in [2.45, 2.75) is 32.4 Å². The van der Waals surface area contributed by atoms with Crippen LogP contribution in [0.25, 0.3) is 0 Å². The quantitative estimate of drug-likeness (QED) is 0.861. The molecule has 0 aliphatic rings. The maximum Gasteiger partial charge on any atom is 0.123 e. The molecule has 0 aliphatic carbocycles. The average molecular weight is 308 g/mol. The second kappa shape index (κ2) is 7.43. The summed E-state index contributed by atoms with van der Waals surface area (Å²) in [5.41, 5.74) is 7.68. The summed E-state index contributed by atoms with van der Waals surface area (Å²) in [4.78, 5) is 0. The van der Waals surface area contributed by atoms with Gasteiger partial charge >= 0.3 is 0 Å². The molecule has 4 heteroatoms. The lowest BCUT2D eigenvalue weighted by Gasteiger charge is -2.14. The van der Waals surface area contributed by atoms with Gasteiger partial charge in [0.2, 0.25) is 0 Å². The molecule has 112 valence electrons. The summed E-state index contributed by atoms with van der Waals surface area (Å²) in [5, 5.41) is 0.499. The molecule has 2 nitrogen and oxygen atoms in total. The first kappa shape index (κ1) is 15.8. The number of ether oxygens (including phenoxy) is 1. The van der Waals surface area contributed by atoms with Gasteiger partial charge in [-0.25, -0.2) is 4.39 Å². The monoisotopic (exact) mass is 307 g/mol. The molecule has 2 aromatic rings. The van der Waals surface area contributed by atoms with Crippen LogP contribution in [-0.2, 0) is 13.0 Å². The molecule has 0 spiro atoms. The highest BCUT2D eigenvalue weighted by atomic mass is 35.5. The standard InChI is InChI=1S/C17H19ClFNO/c1-2-15(20)10-12-5-3-4-6-17(12)21-11-13-9-14(19)7-8-16(13)18/h3-9,15H,2,10-11,20H2,1H3. The number of nitrogens with two attached hydrogens (primary N) is 1. The van der Waals surface area contributed by atoms with Crippen LogP contribution in [0.3, 0.4) is 0 Å². The van der Waals surface area contributed by atoms with Gasteiger partial charge in [-0.15, -0.1) is 0 Å². The van der Waals surface area contributed by atoms with E-state index in [-0.39, 0.29) is 18.5 Å². The summed E-state index contributed by atoms with van der Waals surface area (Å²) >= 11 is 6.04. The third-order valence-electron chi connectivity index (χ3n) is 3.37. The number of halogens is 2. The Morgan fingerprint density at radius 2 is 1.95 bits per heavy atom. The van der Waals surface area contributed by atoms with Crippen molar-refractivity contribution in [1.82, 2.24) is 0 Å². The SMILES string of the molecule is CCC(N)Cc1ccccc1OCc1cc(F)ccc1Cl. The van der Waals surface area contributed by atoms with Crippen LogP contribution in [-0.4, -0.2) is 6.04 Å². The van der Waals surface area contributed by atoms with Crippen LogP contribution in [0.1, 0.15) is 24.5 Å². The van der Waals surface area contributed by atoms with Gasteiger partial charge < -0.3 is 10.5 Å². The second-order valence-electron chi connectivity index (χ2n) is 5.00. The molecule has 0 heterocycles. The lowest BCUT2D eigenvalue weighted by molar-refractivity contribution is 0.301. The predicted molar refractivity (Wildman–Crippen MR) is 84.2 cm³/mol. The largest absolute Gasteiger partial charge is 0.489 e. The second-order valence-corrected chi connectivity index (χ2v) is 5.41. The summed E-state index contributed by atoms with van der Waals surface area (Å²) < 4.78 is 19.0. The molecule has 0 radical (unpaired) electrons. The highest BCUT2D eigenvalue weighted by Crippen LogP contribution is 2.23. The molecule has 0 aromatic heterocycles. The Morgan fingerprint density at radius 1 is 1.19 bits per heavy atom. The van der Waals surface area contributed by atoms with Crippen molar-refractivity contribution < 1.29 is 9.13 Å². The van der Waals surface area contributed by atoms with Gasteiger partial charge in [0.25, 0.3) is 0 Å². The molecule has 2 rings (SSSR count). The van der Waals surface area contributed by atoms with Crippen molar-refractivity contribution in [1.29, 1.82) is 0 Å². The molecule has 2 N–H and O–H groups in total. The smallest absolute Gasteiger partial charge is 0.123 e. The van der Waals surface area contributed by atoms with Crippen LogP contribution in [0.15, 0.2) is 42.5 Å². The van der Waals surface area contributed by atoms with E-state index >= 15 is 0 Å².